The number of para-hydroxylation sites is 1. The van der Waals surface area contributed by atoms with Crippen LogP contribution in [-0.2, 0) is 0 Å². The molecule has 4 rings (SSSR count). The lowest BCUT2D eigenvalue weighted by Gasteiger charge is -2.15. The van der Waals surface area contributed by atoms with Gasteiger partial charge in [0.1, 0.15) is 23.3 Å². The van der Waals surface area contributed by atoms with Gasteiger partial charge in [0.25, 0.3) is 0 Å². The van der Waals surface area contributed by atoms with E-state index in [2.05, 4.69) is 25.5 Å². The number of rotatable bonds is 5. The molecule has 0 spiro atoms. The number of fused-ring (bicyclic) bond motifs is 1. The number of benzene rings is 1. The first-order valence-electron chi connectivity index (χ1n) is 7.68. The standard InChI is InChI=1S/C17H16N6O2/c1-25-12-6-3-2-5-11(12)15(24)16-20-14-7-4-10-23(14)17(21-16)19-13-8-9-18-22-13/h2-10,15,24H,1H3,(H2,18,19,20,21,22). The van der Waals surface area contributed by atoms with E-state index in [-0.39, 0.29) is 5.82 Å². The first-order valence-corrected chi connectivity index (χ1v) is 7.68. The van der Waals surface area contributed by atoms with E-state index in [0.717, 1.165) is 0 Å². The van der Waals surface area contributed by atoms with Gasteiger partial charge in [0.2, 0.25) is 5.95 Å². The van der Waals surface area contributed by atoms with Crippen LogP contribution in [0.15, 0.2) is 54.9 Å². The molecule has 1 unspecified atom stereocenters. The number of ether oxygens (including phenoxy) is 1. The molecule has 8 heteroatoms. The second-order valence-electron chi connectivity index (χ2n) is 5.38. The van der Waals surface area contributed by atoms with Crippen LogP contribution in [0.1, 0.15) is 17.5 Å². The van der Waals surface area contributed by atoms with Crippen LogP contribution in [0, 0.1) is 0 Å². The average Bonchev–Trinajstić information content (AvgIpc) is 3.32. The molecule has 0 fully saturated rings. The highest BCUT2D eigenvalue weighted by atomic mass is 16.5. The Morgan fingerprint density at radius 2 is 2.04 bits per heavy atom. The minimum atomic E-state index is -1.02. The second kappa shape index (κ2) is 6.25. The van der Waals surface area contributed by atoms with Gasteiger partial charge in [0, 0.05) is 17.8 Å². The Kier molecular flexibility index (Phi) is 3.79. The third-order valence-electron chi connectivity index (χ3n) is 3.83. The highest BCUT2D eigenvalue weighted by molar-refractivity contribution is 5.54. The first-order chi connectivity index (χ1) is 12.3. The van der Waals surface area contributed by atoms with Crippen LogP contribution in [0.3, 0.4) is 0 Å². The van der Waals surface area contributed by atoms with E-state index in [0.29, 0.717) is 28.7 Å². The van der Waals surface area contributed by atoms with Crippen molar-refractivity contribution in [2.75, 3.05) is 12.4 Å². The van der Waals surface area contributed by atoms with Crippen molar-refractivity contribution in [1.82, 2.24) is 24.6 Å². The van der Waals surface area contributed by atoms with Gasteiger partial charge in [0.05, 0.1) is 13.3 Å². The second-order valence-corrected chi connectivity index (χ2v) is 5.38. The molecule has 0 bridgehead atoms. The Labute approximate surface area is 143 Å². The van der Waals surface area contributed by atoms with Crippen molar-refractivity contribution in [3.05, 3.63) is 66.2 Å². The largest absolute Gasteiger partial charge is 0.496 e. The number of aliphatic hydroxyl groups excluding tert-OH is 1. The zero-order valence-corrected chi connectivity index (χ0v) is 13.4. The van der Waals surface area contributed by atoms with Crippen LogP contribution in [0.4, 0.5) is 11.8 Å². The van der Waals surface area contributed by atoms with E-state index in [1.807, 2.05) is 30.5 Å². The summed E-state index contributed by atoms with van der Waals surface area (Å²) in [5.41, 5.74) is 1.27. The van der Waals surface area contributed by atoms with Gasteiger partial charge in [-0.1, -0.05) is 18.2 Å². The zero-order chi connectivity index (χ0) is 17.2. The maximum Gasteiger partial charge on any atom is 0.216 e. The number of hydrogen-bond donors (Lipinski definition) is 3. The van der Waals surface area contributed by atoms with Gasteiger partial charge in [-0.3, -0.25) is 9.50 Å². The minimum absolute atomic E-state index is 0.276. The first kappa shape index (κ1) is 15.2. The summed E-state index contributed by atoms with van der Waals surface area (Å²) < 4.78 is 7.12. The van der Waals surface area contributed by atoms with Gasteiger partial charge in [-0.05, 0) is 18.2 Å². The molecule has 3 N–H and O–H groups in total. The van der Waals surface area contributed by atoms with Crippen molar-refractivity contribution in [1.29, 1.82) is 0 Å². The smallest absolute Gasteiger partial charge is 0.216 e. The highest BCUT2D eigenvalue weighted by Gasteiger charge is 2.20. The number of aromatic amines is 1. The average molecular weight is 336 g/mol. The fourth-order valence-corrected chi connectivity index (χ4v) is 2.63. The Morgan fingerprint density at radius 1 is 1.16 bits per heavy atom. The Morgan fingerprint density at radius 3 is 2.84 bits per heavy atom. The van der Waals surface area contributed by atoms with E-state index in [1.165, 1.54) is 0 Å². The molecule has 0 aliphatic carbocycles. The summed E-state index contributed by atoms with van der Waals surface area (Å²) in [7, 11) is 1.56. The molecule has 3 heterocycles. The predicted octanol–water partition coefficient (Wildman–Crippen LogP) is 2.29. The summed E-state index contributed by atoms with van der Waals surface area (Å²) >= 11 is 0. The molecule has 1 atom stereocenters. The number of aromatic nitrogens is 5. The molecule has 0 amide bonds. The quantitative estimate of drug-likeness (QED) is 0.517. The summed E-state index contributed by atoms with van der Waals surface area (Å²) in [6.45, 7) is 0. The third-order valence-corrected chi connectivity index (χ3v) is 3.83. The molecular formula is C17H16N6O2. The van der Waals surface area contributed by atoms with Gasteiger partial charge in [-0.15, -0.1) is 0 Å². The van der Waals surface area contributed by atoms with Gasteiger partial charge < -0.3 is 15.2 Å². The van der Waals surface area contributed by atoms with E-state index >= 15 is 0 Å². The number of anilines is 2. The minimum Gasteiger partial charge on any atom is -0.496 e. The van der Waals surface area contributed by atoms with Crippen molar-refractivity contribution >= 4 is 17.4 Å². The predicted molar refractivity (Wildman–Crippen MR) is 91.9 cm³/mol. The number of nitrogens with one attached hydrogen (secondary N) is 2. The molecule has 8 nitrogen and oxygen atoms in total. The highest BCUT2D eigenvalue weighted by Crippen LogP contribution is 2.29. The monoisotopic (exact) mass is 336 g/mol. The summed E-state index contributed by atoms with van der Waals surface area (Å²) in [4.78, 5) is 8.94. The lowest BCUT2D eigenvalue weighted by molar-refractivity contribution is 0.205. The van der Waals surface area contributed by atoms with Crippen LogP contribution in [-0.4, -0.2) is 36.8 Å². The maximum absolute atomic E-state index is 10.8. The summed E-state index contributed by atoms with van der Waals surface area (Å²) in [6, 6.07) is 12.8. The van der Waals surface area contributed by atoms with Crippen molar-refractivity contribution in [2.24, 2.45) is 0 Å². The number of H-pyrrole nitrogens is 1. The van der Waals surface area contributed by atoms with Gasteiger partial charge in [-0.25, -0.2) is 4.98 Å². The van der Waals surface area contributed by atoms with Gasteiger partial charge >= 0.3 is 0 Å². The zero-order valence-electron chi connectivity index (χ0n) is 13.4. The van der Waals surface area contributed by atoms with E-state index in [4.69, 9.17) is 4.74 Å². The van der Waals surface area contributed by atoms with Crippen LogP contribution >= 0.6 is 0 Å². The fraction of sp³-hybridized carbons (Fsp3) is 0.118. The molecule has 0 saturated heterocycles. The topological polar surface area (TPSA) is 100 Å². The fourth-order valence-electron chi connectivity index (χ4n) is 2.63. The number of nitrogens with zero attached hydrogens (tertiary/aromatic N) is 4. The number of aliphatic hydroxyl groups is 1. The molecular weight excluding hydrogens is 320 g/mol. The summed E-state index contributed by atoms with van der Waals surface area (Å²) in [5, 5.41) is 20.7. The van der Waals surface area contributed by atoms with Crippen LogP contribution in [0.5, 0.6) is 5.75 Å². The molecule has 0 saturated carbocycles. The van der Waals surface area contributed by atoms with Gasteiger partial charge in [0.15, 0.2) is 5.82 Å². The SMILES string of the molecule is COc1ccccc1C(O)c1nc(Nc2ccn[nH]2)n2cccc2n1. The van der Waals surface area contributed by atoms with Crippen LogP contribution < -0.4 is 10.1 Å². The van der Waals surface area contributed by atoms with E-state index in [9.17, 15) is 5.11 Å². The van der Waals surface area contributed by atoms with Crippen molar-refractivity contribution in [2.45, 2.75) is 6.10 Å². The maximum atomic E-state index is 10.8. The Bertz CT molecular complexity index is 995. The number of methoxy groups -OCH3 is 1. The molecule has 0 aliphatic rings. The molecule has 1 aromatic carbocycles. The summed E-state index contributed by atoms with van der Waals surface area (Å²) in [5.74, 6) is 2.06. The molecule has 126 valence electrons. The Balaban J connectivity index is 1.79. The van der Waals surface area contributed by atoms with E-state index in [1.54, 1.807) is 35.9 Å². The molecule has 25 heavy (non-hydrogen) atoms. The molecule has 0 aliphatic heterocycles. The summed E-state index contributed by atoms with van der Waals surface area (Å²) in [6.07, 6.45) is 2.47. The van der Waals surface area contributed by atoms with Crippen LogP contribution in [0.25, 0.3) is 5.65 Å². The normalized spacial score (nSPS) is 12.2. The van der Waals surface area contributed by atoms with Gasteiger partial charge in [-0.2, -0.15) is 10.1 Å². The molecule has 3 aromatic heterocycles. The molecule has 0 radical (unpaired) electrons. The van der Waals surface area contributed by atoms with Crippen molar-refractivity contribution < 1.29 is 9.84 Å². The van der Waals surface area contributed by atoms with Crippen LogP contribution in [0.2, 0.25) is 0 Å². The lowest BCUT2D eigenvalue weighted by Crippen LogP contribution is -2.11. The third kappa shape index (κ3) is 2.79. The Hall–Kier alpha value is -3.39. The number of hydrogen-bond acceptors (Lipinski definition) is 6. The van der Waals surface area contributed by atoms with Crippen molar-refractivity contribution in [3.8, 4) is 5.75 Å². The molecule has 4 aromatic rings. The van der Waals surface area contributed by atoms with E-state index < -0.39 is 6.10 Å². The van der Waals surface area contributed by atoms with Crippen molar-refractivity contribution in [3.63, 3.8) is 0 Å². The lowest BCUT2D eigenvalue weighted by atomic mass is 10.1.